The summed E-state index contributed by atoms with van der Waals surface area (Å²) in [5.41, 5.74) is 1.80. The zero-order valence-electron chi connectivity index (χ0n) is 12.3. The van der Waals surface area contributed by atoms with E-state index in [4.69, 9.17) is 0 Å². The smallest absolute Gasteiger partial charge is 0.110 e. The lowest BCUT2D eigenvalue weighted by molar-refractivity contribution is 1.16. The molecule has 1 aromatic carbocycles. The Morgan fingerprint density at radius 1 is 1.11 bits per heavy atom. The second-order valence-corrected chi connectivity index (χ2v) is 16.2. The molecule has 96 valence electrons. The van der Waals surface area contributed by atoms with Crippen LogP contribution in [0.5, 0.6) is 0 Å². The molecule has 0 saturated heterocycles. The van der Waals surface area contributed by atoms with E-state index in [2.05, 4.69) is 64.2 Å². The minimum absolute atomic E-state index is 0.0333. The zero-order valence-corrected chi connectivity index (χ0v) is 14.2. The Morgan fingerprint density at radius 2 is 1.72 bits per heavy atom. The topological polar surface area (TPSA) is 0 Å². The van der Waals surface area contributed by atoms with Crippen LogP contribution in [0.25, 0.3) is 0 Å². The zero-order chi connectivity index (χ0) is 13.3. The molecule has 1 aliphatic rings. The van der Waals surface area contributed by atoms with Gasteiger partial charge in [0.15, 0.2) is 6.43 Å². The molecule has 1 aromatic rings. The van der Waals surface area contributed by atoms with Crippen LogP contribution in [0.2, 0.25) is 19.4 Å². The van der Waals surface area contributed by atoms with Crippen LogP contribution in [0.15, 0.2) is 41.0 Å². The fourth-order valence-corrected chi connectivity index (χ4v) is 15.6. The highest BCUT2D eigenvalue weighted by atomic mass is 31.4. The van der Waals surface area contributed by atoms with Gasteiger partial charge in [-0.1, -0.05) is 68.8 Å². The first kappa shape index (κ1) is 14.1. The molecule has 0 nitrogen and oxygen atoms in total. The first-order valence-corrected chi connectivity index (χ1v) is 12.3. The summed E-state index contributed by atoms with van der Waals surface area (Å²) in [6, 6.07) is 11.3. The minimum Gasteiger partial charge on any atom is -0.110 e. The van der Waals surface area contributed by atoms with E-state index in [1.54, 1.807) is 16.0 Å². The van der Waals surface area contributed by atoms with Crippen molar-refractivity contribution in [3.63, 3.8) is 0 Å². The maximum absolute atomic E-state index is 2.59. The van der Waals surface area contributed by atoms with Gasteiger partial charge < -0.3 is 0 Å². The van der Waals surface area contributed by atoms with E-state index < -0.39 is 7.74 Å². The van der Waals surface area contributed by atoms with Crippen molar-refractivity contribution in [2.75, 3.05) is 0 Å². The van der Waals surface area contributed by atoms with Crippen molar-refractivity contribution in [2.45, 2.75) is 46.6 Å². The van der Waals surface area contributed by atoms with Crippen molar-refractivity contribution >= 4 is 26.8 Å². The van der Waals surface area contributed by atoms with Crippen molar-refractivity contribution in [1.82, 2.24) is 0 Å². The van der Waals surface area contributed by atoms with Gasteiger partial charge in [-0.2, -0.15) is 0 Å². The Kier molecular flexibility index (Phi) is 4.19. The predicted molar refractivity (Wildman–Crippen MR) is 89.7 cm³/mol. The quantitative estimate of drug-likeness (QED) is 0.547. The summed E-state index contributed by atoms with van der Waals surface area (Å²) in [4.78, 5) is 0. The normalized spacial score (nSPS) is 22.7. The predicted octanol–water partition coefficient (Wildman–Crippen LogP) is 4.83. The maximum Gasteiger partial charge on any atom is 0.200 e. The van der Waals surface area contributed by atoms with Crippen LogP contribution in [-0.4, -0.2) is 14.2 Å². The summed E-state index contributed by atoms with van der Waals surface area (Å²) in [5.74, 6) is 0. The molecule has 2 rings (SSSR count). The van der Waals surface area contributed by atoms with Crippen LogP contribution in [0.3, 0.4) is 0 Å². The molecule has 0 spiro atoms. The second-order valence-electron chi connectivity index (χ2n) is 5.69. The second kappa shape index (κ2) is 5.35. The van der Waals surface area contributed by atoms with Crippen LogP contribution >= 0.6 is 7.35 Å². The molecule has 0 aromatic heterocycles. The van der Waals surface area contributed by atoms with Crippen LogP contribution in [0.4, 0.5) is 0 Å². The number of hydrogen-bond donors (Lipinski definition) is 0. The van der Waals surface area contributed by atoms with E-state index in [1.807, 2.05) is 0 Å². The highest BCUT2D eigenvalue weighted by Gasteiger charge is 2.47. The van der Waals surface area contributed by atoms with Crippen LogP contribution in [0.1, 0.15) is 27.2 Å². The summed E-state index contributed by atoms with van der Waals surface area (Å²) in [6.45, 7) is 12.3. The molecule has 18 heavy (non-hydrogen) atoms. The lowest BCUT2D eigenvalue weighted by Crippen LogP contribution is -2.30. The highest BCUT2D eigenvalue weighted by Crippen LogP contribution is 2.60. The van der Waals surface area contributed by atoms with Gasteiger partial charge in [-0.25, -0.2) is 0 Å². The Balaban J connectivity index is 2.49. The van der Waals surface area contributed by atoms with Gasteiger partial charge in [0.1, 0.15) is 0 Å². The van der Waals surface area contributed by atoms with Crippen LogP contribution in [0, 0.1) is 0 Å². The first-order chi connectivity index (χ1) is 8.54. The van der Waals surface area contributed by atoms with Crippen molar-refractivity contribution in [3.8, 4) is 0 Å². The largest absolute Gasteiger partial charge is 0.200 e. The third kappa shape index (κ3) is 2.14. The Hall–Kier alpha value is -0.328. The molecule has 0 aliphatic carbocycles. The number of benzene rings is 1. The third-order valence-electron chi connectivity index (χ3n) is 4.52. The van der Waals surface area contributed by atoms with Gasteiger partial charge in [-0.15, -0.1) is 12.8 Å². The van der Waals surface area contributed by atoms with Gasteiger partial charge in [-0.3, -0.25) is 0 Å². The molecule has 1 unspecified atom stereocenters. The Bertz CT molecular complexity index is 453. The standard InChI is InChI=1S/C15H24BPSi/c1-6-15-13(3)18(4,5)17(16(15)7-2)14-11-9-8-10-12-14/h8-12H,6-7H2,1-5H3. The molecule has 1 heterocycles. The molecular formula is C15H24BPSi. The van der Waals surface area contributed by atoms with E-state index in [0.29, 0.717) is 0 Å². The molecule has 0 fully saturated rings. The molecule has 0 amide bonds. The van der Waals surface area contributed by atoms with E-state index >= 15 is 0 Å². The average molecular weight is 274 g/mol. The summed E-state index contributed by atoms with van der Waals surface area (Å²) < 4.78 is 0. The molecule has 3 heteroatoms. The monoisotopic (exact) mass is 274 g/mol. The first-order valence-electron chi connectivity index (χ1n) is 7.08. The van der Waals surface area contributed by atoms with E-state index in [9.17, 15) is 0 Å². The summed E-state index contributed by atoms with van der Waals surface area (Å²) >= 11 is 0. The lowest BCUT2D eigenvalue weighted by Gasteiger charge is -2.31. The molecule has 1 atom stereocenters. The molecule has 0 N–H and O–H groups in total. The molecule has 1 aliphatic heterocycles. The summed E-state index contributed by atoms with van der Waals surface area (Å²) in [6.07, 6.45) is 3.43. The van der Waals surface area contributed by atoms with E-state index in [1.165, 1.54) is 12.7 Å². The van der Waals surface area contributed by atoms with Crippen LogP contribution < -0.4 is 5.30 Å². The molecular weight excluding hydrogens is 250 g/mol. The van der Waals surface area contributed by atoms with Crippen molar-refractivity contribution in [3.05, 3.63) is 41.0 Å². The van der Waals surface area contributed by atoms with Gasteiger partial charge in [0, 0.05) is 0 Å². The maximum atomic E-state index is 2.59. The molecule has 0 saturated carbocycles. The van der Waals surface area contributed by atoms with Gasteiger partial charge in [-0.05, 0) is 18.6 Å². The molecule has 0 bridgehead atoms. The van der Waals surface area contributed by atoms with Gasteiger partial charge >= 0.3 is 0 Å². The van der Waals surface area contributed by atoms with E-state index in [0.717, 1.165) is 6.43 Å². The van der Waals surface area contributed by atoms with Gasteiger partial charge in [0.25, 0.3) is 0 Å². The lowest BCUT2D eigenvalue weighted by atomic mass is 9.63. The highest BCUT2D eigenvalue weighted by molar-refractivity contribution is 8.22. The van der Waals surface area contributed by atoms with Crippen LogP contribution in [-0.2, 0) is 0 Å². The summed E-state index contributed by atoms with van der Waals surface area (Å²) in [5, 5.41) is 3.44. The van der Waals surface area contributed by atoms with Crippen molar-refractivity contribution < 1.29 is 0 Å². The number of allylic oxidation sites excluding steroid dienone is 2. The summed E-state index contributed by atoms with van der Waals surface area (Å²) in [7, 11) is -1.20. The third-order valence-corrected chi connectivity index (χ3v) is 16.4. The van der Waals surface area contributed by atoms with Crippen molar-refractivity contribution in [1.29, 1.82) is 0 Å². The minimum atomic E-state index is -1.24. The SMILES string of the molecule is CCB1C(CC)=C(C)[Si](C)(C)P1c1ccccc1. The average Bonchev–Trinajstić information content (AvgIpc) is 2.57. The van der Waals surface area contributed by atoms with Gasteiger partial charge in [0.05, 0.1) is 7.74 Å². The fourth-order valence-electron chi connectivity index (χ4n) is 3.39. The molecule has 0 radical (unpaired) electrons. The Morgan fingerprint density at radius 3 is 2.22 bits per heavy atom. The fraction of sp³-hybridized carbons (Fsp3) is 0.467. The van der Waals surface area contributed by atoms with Gasteiger partial charge in [0.2, 0.25) is 0 Å². The number of rotatable bonds is 3. The Labute approximate surface area is 115 Å². The van der Waals surface area contributed by atoms with Crippen molar-refractivity contribution in [2.24, 2.45) is 0 Å². The van der Waals surface area contributed by atoms with E-state index in [-0.39, 0.29) is 7.35 Å². The number of hydrogen-bond acceptors (Lipinski definition) is 0.